The predicted octanol–water partition coefficient (Wildman–Crippen LogP) is 3.47. The number of H-pyrrole nitrogens is 1. The highest BCUT2D eigenvalue weighted by Crippen LogP contribution is 2.27. The molecule has 1 atom stereocenters. The zero-order chi connectivity index (χ0) is 23.2. The number of halogens is 1. The van der Waals surface area contributed by atoms with Gasteiger partial charge in [-0.2, -0.15) is 15.4 Å². The van der Waals surface area contributed by atoms with E-state index in [0.717, 1.165) is 39.4 Å². The quantitative estimate of drug-likeness (QED) is 0.218. The number of fused-ring (bicyclic) bond motifs is 2. The molecule has 168 valence electrons. The molecule has 33 heavy (non-hydrogen) atoms. The molecule has 0 saturated carbocycles. The van der Waals surface area contributed by atoms with Gasteiger partial charge in [0.25, 0.3) is 0 Å². The molecule has 0 aliphatic carbocycles. The molecule has 1 aromatic carbocycles. The van der Waals surface area contributed by atoms with Crippen molar-refractivity contribution in [1.82, 2.24) is 30.9 Å². The van der Waals surface area contributed by atoms with Crippen LogP contribution in [0.1, 0.15) is 42.7 Å². The third kappa shape index (κ3) is 5.03. The molecular formula is C23H22ClN7O2. The van der Waals surface area contributed by atoms with Crippen molar-refractivity contribution >= 4 is 45.1 Å². The highest BCUT2D eigenvalue weighted by molar-refractivity contribution is 6.18. The number of nitrogens with zero attached hydrogens (tertiary/aromatic N) is 4. The van der Waals surface area contributed by atoms with Crippen molar-refractivity contribution in [2.45, 2.75) is 25.9 Å². The number of aromatic nitrogens is 5. The van der Waals surface area contributed by atoms with E-state index in [1.807, 2.05) is 31.2 Å². The summed E-state index contributed by atoms with van der Waals surface area (Å²) in [5.74, 6) is 6.95. The summed E-state index contributed by atoms with van der Waals surface area (Å²) in [4.78, 5) is 26.3. The number of pyridine rings is 2. The zero-order valence-electron chi connectivity index (χ0n) is 18.1. The Bertz CT molecular complexity index is 1360. The highest BCUT2D eigenvalue weighted by atomic mass is 35.5. The molecule has 0 radical (unpaired) electrons. The van der Waals surface area contributed by atoms with E-state index in [9.17, 15) is 4.79 Å². The fourth-order valence-electron chi connectivity index (χ4n) is 3.27. The van der Waals surface area contributed by atoms with Crippen LogP contribution in [0.4, 0.5) is 5.82 Å². The highest BCUT2D eigenvalue weighted by Gasteiger charge is 2.17. The van der Waals surface area contributed by atoms with E-state index in [0.29, 0.717) is 17.9 Å². The molecule has 1 amide bonds. The minimum atomic E-state index is -0.613. The molecule has 3 heterocycles. The molecule has 10 heteroatoms. The smallest absolute Gasteiger partial charge is 0.243 e. The molecular weight excluding hydrogens is 442 g/mol. The summed E-state index contributed by atoms with van der Waals surface area (Å²) < 4.78 is 0. The van der Waals surface area contributed by atoms with Gasteiger partial charge in [-0.15, -0.1) is 11.6 Å². The van der Waals surface area contributed by atoms with Crippen LogP contribution in [-0.4, -0.2) is 44.2 Å². The van der Waals surface area contributed by atoms with Gasteiger partial charge < -0.3 is 5.32 Å². The summed E-state index contributed by atoms with van der Waals surface area (Å²) in [5.41, 5.74) is 6.07. The van der Waals surface area contributed by atoms with E-state index in [1.165, 1.54) is 0 Å². The average molecular weight is 464 g/mol. The van der Waals surface area contributed by atoms with Gasteiger partial charge in [0.15, 0.2) is 0 Å². The van der Waals surface area contributed by atoms with Crippen molar-refractivity contribution in [2.75, 3.05) is 18.2 Å². The summed E-state index contributed by atoms with van der Waals surface area (Å²) in [7, 11) is 1.79. The fraction of sp³-hybridized carbons (Fsp3) is 0.261. The third-order valence-electron chi connectivity index (χ3n) is 4.95. The number of rotatable bonds is 7. The van der Waals surface area contributed by atoms with Crippen molar-refractivity contribution in [2.24, 2.45) is 0 Å². The van der Waals surface area contributed by atoms with E-state index in [-0.39, 0.29) is 11.8 Å². The van der Waals surface area contributed by atoms with E-state index >= 15 is 0 Å². The van der Waals surface area contributed by atoms with E-state index < -0.39 is 6.10 Å². The van der Waals surface area contributed by atoms with Crippen LogP contribution in [0.2, 0.25) is 0 Å². The number of hydrogen-bond donors (Lipinski definition) is 3. The summed E-state index contributed by atoms with van der Waals surface area (Å²) in [6.07, 6.45) is 3.89. The van der Waals surface area contributed by atoms with Crippen LogP contribution in [0.3, 0.4) is 0 Å². The van der Waals surface area contributed by atoms with E-state index in [2.05, 4.69) is 48.0 Å². The number of hydroxylamine groups is 1. The molecule has 0 aliphatic heterocycles. The first kappa shape index (κ1) is 22.5. The van der Waals surface area contributed by atoms with Crippen LogP contribution in [0.15, 0.2) is 36.7 Å². The molecule has 4 aromatic rings. The molecule has 3 N–H and O–H groups in total. The van der Waals surface area contributed by atoms with Crippen LogP contribution in [-0.2, 0) is 9.63 Å². The van der Waals surface area contributed by atoms with Gasteiger partial charge in [0.05, 0.1) is 17.1 Å². The maximum atomic E-state index is 11.8. The molecule has 0 saturated heterocycles. The van der Waals surface area contributed by atoms with Crippen LogP contribution in [0, 0.1) is 11.8 Å². The lowest BCUT2D eigenvalue weighted by atomic mass is 10.1. The maximum Gasteiger partial charge on any atom is 0.243 e. The van der Waals surface area contributed by atoms with Gasteiger partial charge in [0, 0.05) is 42.2 Å². The number of amides is 1. The lowest BCUT2D eigenvalue weighted by Crippen LogP contribution is -2.26. The zero-order valence-corrected chi connectivity index (χ0v) is 18.9. The molecule has 9 nitrogen and oxygen atoms in total. The van der Waals surface area contributed by atoms with Crippen molar-refractivity contribution in [1.29, 1.82) is 0 Å². The minimum absolute atomic E-state index is 0.119. The Balaban J connectivity index is 1.70. The fourth-order valence-corrected chi connectivity index (χ4v) is 3.49. The average Bonchev–Trinajstić information content (AvgIpc) is 3.31. The van der Waals surface area contributed by atoms with E-state index in [1.54, 1.807) is 19.4 Å². The molecule has 0 fully saturated rings. The van der Waals surface area contributed by atoms with Gasteiger partial charge in [0.1, 0.15) is 23.0 Å². The van der Waals surface area contributed by atoms with Gasteiger partial charge in [0.2, 0.25) is 5.91 Å². The van der Waals surface area contributed by atoms with Crippen LogP contribution in [0.25, 0.3) is 21.8 Å². The normalized spacial score (nSPS) is 11.7. The first-order valence-electron chi connectivity index (χ1n) is 10.4. The predicted molar refractivity (Wildman–Crippen MR) is 127 cm³/mol. The second kappa shape index (κ2) is 10.3. The molecule has 0 spiro atoms. The first-order chi connectivity index (χ1) is 16.1. The standard InChI is InChI=1S/C23H22ClN7O2/c1-3-4-22(32)30-33-21(11-24)20-10-16-15(12-27-23(25-2)17(16)13-26-20)7-5-14-6-8-18-19(9-14)29-31-28-18/h6,8-10,12-13,21H,3-4,11H2,1-2H3,(H,25,27)(H,30,32)(H,28,29,31). The Labute approximate surface area is 195 Å². The number of anilines is 1. The van der Waals surface area contributed by atoms with Crippen LogP contribution in [0.5, 0.6) is 0 Å². The van der Waals surface area contributed by atoms with Crippen LogP contribution < -0.4 is 10.8 Å². The van der Waals surface area contributed by atoms with E-state index in [4.69, 9.17) is 16.4 Å². The van der Waals surface area contributed by atoms with Gasteiger partial charge in [-0.1, -0.05) is 18.8 Å². The topological polar surface area (TPSA) is 118 Å². The third-order valence-corrected chi connectivity index (χ3v) is 5.23. The number of benzene rings is 1. The number of aromatic amines is 1. The Hall–Kier alpha value is -3.74. The SMILES string of the molecule is CCCC(=O)NOC(CCl)c1cc2c(C#Cc3ccc4n[nH]nc4c3)cnc(NC)c2cn1. The summed E-state index contributed by atoms with van der Waals surface area (Å²) in [6.45, 7) is 1.92. The second-order valence-corrected chi connectivity index (χ2v) is 7.55. The Morgan fingerprint density at radius 2 is 2.00 bits per heavy atom. The lowest BCUT2D eigenvalue weighted by Gasteiger charge is -2.16. The van der Waals surface area contributed by atoms with Gasteiger partial charge >= 0.3 is 0 Å². The first-order valence-corrected chi connectivity index (χ1v) is 11.0. The monoisotopic (exact) mass is 463 g/mol. The lowest BCUT2D eigenvalue weighted by molar-refractivity contribution is -0.138. The summed E-state index contributed by atoms with van der Waals surface area (Å²) in [6, 6.07) is 7.48. The molecule has 0 aliphatic rings. The van der Waals surface area contributed by atoms with Crippen molar-refractivity contribution < 1.29 is 9.63 Å². The van der Waals surface area contributed by atoms with Gasteiger partial charge in [-0.05, 0) is 30.7 Å². The second-order valence-electron chi connectivity index (χ2n) is 7.24. The summed E-state index contributed by atoms with van der Waals surface area (Å²) >= 11 is 6.11. The van der Waals surface area contributed by atoms with Crippen molar-refractivity contribution in [3.05, 3.63) is 53.5 Å². The minimum Gasteiger partial charge on any atom is -0.373 e. The molecule has 1 unspecified atom stereocenters. The Kier molecular flexibility index (Phi) is 6.98. The number of hydrogen-bond acceptors (Lipinski definition) is 7. The molecule has 3 aromatic heterocycles. The largest absolute Gasteiger partial charge is 0.373 e. The van der Waals surface area contributed by atoms with Crippen molar-refractivity contribution in [3.8, 4) is 11.8 Å². The van der Waals surface area contributed by atoms with Gasteiger partial charge in [-0.3, -0.25) is 14.6 Å². The molecule has 4 rings (SSSR count). The maximum absolute atomic E-state index is 11.8. The van der Waals surface area contributed by atoms with Crippen molar-refractivity contribution in [3.63, 3.8) is 0 Å². The Morgan fingerprint density at radius 3 is 2.79 bits per heavy atom. The number of nitrogens with one attached hydrogen (secondary N) is 3. The number of carbonyl (C=O) groups is 1. The number of alkyl halides is 1. The van der Waals surface area contributed by atoms with Crippen LogP contribution >= 0.6 is 11.6 Å². The summed E-state index contributed by atoms with van der Waals surface area (Å²) in [5, 5.41) is 15.5. The Morgan fingerprint density at radius 1 is 1.15 bits per heavy atom. The number of carbonyl (C=O) groups excluding carboxylic acids is 1. The van der Waals surface area contributed by atoms with Gasteiger partial charge in [-0.25, -0.2) is 10.5 Å². The molecule has 0 bridgehead atoms.